The highest BCUT2D eigenvalue weighted by Gasteiger charge is 2.20. The number of hydrogen-bond acceptors (Lipinski definition) is 8. The van der Waals surface area contributed by atoms with Gasteiger partial charge in [0.1, 0.15) is 0 Å². The summed E-state index contributed by atoms with van der Waals surface area (Å²) in [5.41, 5.74) is 2.42. The third-order valence-corrected chi connectivity index (χ3v) is 2.90. The molecule has 8 heteroatoms. The van der Waals surface area contributed by atoms with Gasteiger partial charge in [0.15, 0.2) is 0 Å². The molecule has 0 aliphatic carbocycles. The van der Waals surface area contributed by atoms with Gasteiger partial charge in [-0.25, -0.2) is 5.84 Å². The Labute approximate surface area is 118 Å². The summed E-state index contributed by atoms with van der Waals surface area (Å²) in [5.74, 6) is 6.10. The van der Waals surface area contributed by atoms with E-state index in [1.165, 1.54) is 0 Å². The zero-order valence-electron chi connectivity index (χ0n) is 12.1. The summed E-state index contributed by atoms with van der Waals surface area (Å²) in [6.45, 7) is 6.61. The van der Waals surface area contributed by atoms with E-state index in [-0.39, 0.29) is 30.2 Å². The van der Waals surface area contributed by atoms with Crippen molar-refractivity contribution in [2.24, 2.45) is 5.84 Å². The fraction of sp³-hybridized carbons (Fsp3) is 0.750. The molecule has 8 nitrogen and oxygen atoms in total. The molecule has 0 spiro atoms. The fourth-order valence-electron chi connectivity index (χ4n) is 2.06. The van der Waals surface area contributed by atoms with Gasteiger partial charge in [0, 0.05) is 12.6 Å². The van der Waals surface area contributed by atoms with E-state index in [0.717, 1.165) is 19.4 Å². The van der Waals surface area contributed by atoms with E-state index in [2.05, 4.69) is 32.6 Å². The number of nitrogens with two attached hydrogens (primary N) is 1. The molecule has 0 aromatic carbocycles. The third kappa shape index (κ3) is 4.17. The first-order chi connectivity index (χ1) is 9.56. The molecule has 1 aliphatic rings. The van der Waals surface area contributed by atoms with Gasteiger partial charge in [0.25, 0.3) is 0 Å². The Kier molecular flexibility index (Phi) is 4.91. The molecule has 0 radical (unpaired) electrons. The molecule has 0 amide bonds. The Bertz CT molecular complexity index is 442. The highest BCUT2D eigenvalue weighted by Crippen LogP contribution is 2.18. The summed E-state index contributed by atoms with van der Waals surface area (Å²) in [6.07, 6.45) is 2.06. The third-order valence-electron chi connectivity index (χ3n) is 2.90. The zero-order valence-corrected chi connectivity index (χ0v) is 12.1. The molecule has 112 valence electrons. The molecular weight excluding hydrogens is 260 g/mol. The minimum atomic E-state index is -0.0148. The highest BCUT2D eigenvalue weighted by atomic mass is 16.5. The molecular formula is C12H22N6O2. The first-order valence-corrected chi connectivity index (χ1v) is 6.84. The topological polar surface area (TPSA) is 107 Å². The maximum Gasteiger partial charge on any atom is 0.323 e. The van der Waals surface area contributed by atoms with Gasteiger partial charge in [-0.15, -0.1) is 0 Å². The normalized spacial score (nSPS) is 22.6. The lowest BCUT2D eigenvalue weighted by Gasteiger charge is -2.27. The van der Waals surface area contributed by atoms with Crippen LogP contribution in [0, 0.1) is 0 Å². The average molecular weight is 282 g/mol. The second-order valence-corrected chi connectivity index (χ2v) is 5.12. The monoisotopic (exact) mass is 282 g/mol. The van der Waals surface area contributed by atoms with E-state index in [4.69, 9.17) is 15.3 Å². The number of aromatic nitrogens is 3. The number of ether oxygens (including phenoxy) is 2. The standard InChI is InChI=1S/C12H22N6O2/c1-7(2)20-12-16-10(15-11(17-12)18-13)14-9-4-5-19-8(3)6-9/h7-9H,4-6,13H2,1-3H3,(H2,14,15,16,17,18). The van der Waals surface area contributed by atoms with E-state index in [1.54, 1.807) is 0 Å². The molecule has 2 unspecified atom stereocenters. The first-order valence-electron chi connectivity index (χ1n) is 6.84. The molecule has 1 aliphatic heterocycles. The van der Waals surface area contributed by atoms with Crippen LogP contribution >= 0.6 is 0 Å². The number of nitrogen functional groups attached to an aromatic ring is 1. The fourth-order valence-corrected chi connectivity index (χ4v) is 2.06. The molecule has 2 atom stereocenters. The van der Waals surface area contributed by atoms with Crippen LogP contribution in [0.2, 0.25) is 0 Å². The number of anilines is 2. The van der Waals surface area contributed by atoms with Crippen molar-refractivity contribution in [2.75, 3.05) is 17.3 Å². The van der Waals surface area contributed by atoms with Crippen molar-refractivity contribution >= 4 is 11.9 Å². The second-order valence-electron chi connectivity index (χ2n) is 5.12. The van der Waals surface area contributed by atoms with Gasteiger partial charge in [-0.1, -0.05) is 0 Å². The van der Waals surface area contributed by atoms with Crippen LogP contribution in [0.1, 0.15) is 33.6 Å². The van der Waals surface area contributed by atoms with Crippen molar-refractivity contribution in [3.63, 3.8) is 0 Å². The van der Waals surface area contributed by atoms with Gasteiger partial charge in [-0.05, 0) is 33.6 Å². The highest BCUT2D eigenvalue weighted by molar-refractivity contribution is 5.35. The van der Waals surface area contributed by atoms with Crippen LogP contribution in [-0.4, -0.2) is 39.8 Å². The summed E-state index contributed by atoms with van der Waals surface area (Å²) in [5, 5.41) is 3.28. The minimum absolute atomic E-state index is 0.0148. The number of rotatable bonds is 5. The van der Waals surface area contributed by atoms with Crippen molar-refractivity contribution in [1.29, 1.82) is 0 Å². The molecule has 1 fully saturated rings. The van der Waals surface area contributed by atoms with Crippen LogP contribution in [-0.2, 0) is 4.74 Å². The molecule has 20 heavy (non-hydrogen) atoms. The smallest absolute Gasteiger partial charge is 0.323 e. The van der Waals surface area contributed by atoms with E-state index in [9.17, 15) is 0 Å². The summed E-state index contributed by atoms with van der Waals surface area (Å²) >= 11 is 0. The summed E-state index contributed by atoms with van der Waals surface area (Å²) in [6, 6.07) is 0.532. The van der Waals surface area contributed by atoms with Gasteiger partial charge in [-0.3, -0.25) is 5.43 Å². The molecule has 1 aromatic heterocycles. The second kappa shape index (κ2) is 6.67. The van der Waals surface area contributed by atoms with Crippen LogP contribution < -0.4 is 21.3 Å². The molecule has 2 heterocycles. The van der Waals surface area contributed by atoms with Crippen LogP contribution in [0.15, 0.2) is 0 Å². The van der Waals surface area contributed by atoms with Gasteiger partial charge in [0.05, 0.1) is 12.2 Å². The largest absolute Gasteiger partial charge is 0.461 e. The summed E-state index contributed by atoms with van der Waals surface area (Å²) < 4.78 is 11.0. The van der Waals surface area contributed by atoms with E-state index in [0.29, 0.717) is 5.95 Å². The average Bonchev–Trinajstić information content (AvgIpc) is 2.37. The Morgan fingerprint density at radius 3 is 2.70 bits per heavy atom. The SMILES string of the molecule is CC(C)Oc1nc(NN)nc(NC2CCOC(C)C2)n1. The van der Waals surface area contributed by atoms with Crippen LogP contribution in [0.4, 0.5) is 11.9 Å². The summed E-state index contributed by atoms with van der Waals surface area (Å²) in [4.78, 5) is 12.5. The predicted molar refractivity (Wildman–Crippen MR) is 75.5 cm³/mol. The number of hydrazine groups is 1. The van der Waals surface area contributed by atoms with E-state index in [1.807, 2.05) is 13.8 Å². The molecule has 0 saturated carbocycles. The van der Waals surface area contributed by atoms with E-state index < -0.39 is 0 Å². The molecule has 1 saturated heterocycles. The Balaban J connectivity index is 2.09. The van der Waals surface area contributed by atoms with Crippen LogP contribution in [0.5, 0.6) is 6.01 Å². The Hall–Kier alpha value is -1.67. The van der Waals surface area contributed by atoms with Gasteiger partial charge >= 0.3 is 6.01 Å². The number of nitrogens with zero attached hydrogens (tertiary/aromatic N) is 3. The first kappa shape index (κ1) is 14.7. The van der Waals surface area contributed by atoms with Gasteiger partial charge in [0.2, 0.25) is 11.9 Å². The van der Waals surface area contributed by atoms with Crippen molar-refractivity contribution in [3.05, 3.63) is 0 Å². The van der Waals surface area contributed by atoms with Crippen molar-refractivity contribution in [2.45, 2.75) is 51.9 Å². The minimum Gasteiger partial charge on any atom is -0.461 e. The van der Waals surface area contributed by atoms with Gasteiger partial charge < -0.3 is 14.8 Å². The lowest BCUT2D eigenvalue weighted by atomic mass is 10.0. The van der Waals surface area contributed by atoms with Crippen molar-refractivity contribution < 1.29 is 9.47 Å². The predicted octanol–water partition coefficient (Wildman–Crippen LogP) is 0.924. The van der Waals surface area contributed by atoms with E-state index >= 15 is 0 Å². The maximum absolute atomic E-state index is 5.52. The quantitative estimate of drug-likeness (QED) is 0.540. The van der Waals surface area contributed by atoms with Crippen LogP contribution in [0.3, 0.4) is 0 Å². The summed E-state index contributed by atoms with van der Waals surface area (Å²) in [7, 11) is 0. The van der Waals surface area contributed by atoms with Gasteiger partial charge in [-0.2, -0.15) is 15.0 Å². The Morgan fingerprint density at radius 2 is 2.05 bits per heavy atom. The maximum atomic E-state index is 5.52. The van der Waals surface area contributed by atoms with Crippen molar-refractivity contribution in [1.82, 2.24) is 15.0 Å². The molecule has 1 aromatic rings. The molecule has 4 N–H and O–H groups in total. The van der Waals surface area contributed by atoms with Crippen LogP contribution in [0.25, 0.3) is 0 Å². The Morgan fingerprint density at radius 1 is 1.30 bits per heavy atom. The lowest BCUT2D eigenvalue weighted by molar-refractivity contribution is 0.0231. The molecule has 0 bridgehead atoms. The molecule has 2 rings (SSSR count). The number of nitrogens with one attached hydrogen (secondary N) is 2. The van der Waals surface area contributed by atoms with Crippen molar-refractivity contribution in [3.8, 4) is 6.01 Å². The number of hydrogen-bond donors (Lipinski definition) is 3. The lowest BCUT2D eigenvalue weighted by Crippen LogP contribution is -2.33. The zero-order chi connectivity index (χ0) is 14.5.